The van der Waals surface area contributed by atoms with Gasteiger partial charge in [0.2, 0.25) is 0 Å². The highest BCUT2D eigenvalue weighted by Gasteiger charge is 2.33. The fraction of sp³-hybridized carbons (Fsp3) is 0.857. The van der Waals surface area contributed by atoms with E-state index in [2.05, 4.69) is 22.4 Å². The van der Waals surface area contributed by atoms with Crippen LogP contribution in [0.1, 0.15) is 38.5 Å². The first-order valence-electron chi connectivity index (χ1n) is 7.03. The van der Waals surface area contributed by atoms with Crippen LogP contribution in [0.3, 0.4) is 0 Å². The van der Waals surface area contributed by atoms with Crippen LogP contribution >= 0.6 is 0 Å². The van der Waals surface area contributed by atoms with Crippen LogP contribution in [0.25, 0.3) is 0 Å². The normalized spacial score (nSPS) is 39.1. The zero-order valence-corrected chi connectivity index (χ0v) is 10.2. The molecule has 0 saturated carbocycles. The van der Waals surface area contributed by atoms with Crippen molar-refractivity contribution in [1.29, 1.82) is 0 Å². The third-order valence-electron chi connectivity index (χ3n) is 4.57. The molecule has 2 bridgehead atoms. The Bertz CT molecular complexity index is 249. The average Bonchev–Trinajstić information content (AvgIpc) is 2.67. The number of hydrogen-bond acceptors (Lipinski definition) is 2. The summed E-state index contributed by atoms with van der Waals surface area (Å²) < 4.78 is 0. The van der Waals surface area contributed by atoms with Crippen LogP contribution in [0, 0.1) is 5.92 Å². The summed E-state index contributed by atoms with van der Waals surface area (Å²) in [6, 6.07) is 1.73. The Kier molecular flexibility index (Phi) is 3.30. The molecule has 3 aliphatic heterocycles. The summed E-state index contributed by atoms with van der Waals surface area (Å²) in [6.45, 7) is 3.81. The Labute approximate surface area is 99.1 Å². The first-order chi connectivity index (χ1) is 7.90. The van der Waals surface area contributed by atoms with Crippen LogP contribution in [0.2, 0.25) is 0 Å². The smallest absolute Gasteiger partial charge is 0.0163 e. The summed E-state index contributed by atoms with van der Waals surface area (Å²) in [7, 11) is 0. The Morgan fingerprint density at radius 1 is 1.12 bits per heavy atom. The molecular formula is C14H24N2. The predicted octanol–water partition coefficient (Wildman–Crippen LogP) is 2.17. The van der Waals surface area contributed by atoms with E-state index in [0.29, 0.717) is 0 Å². The molecule has 16 heavy (non-hydrogen) atoms. The molecule has 3 heterocycles. The van der Waals surface area contributed by atoms with E-state index in [1.54, 1.807) is 0 Å². The Morgan fingerprint density at radius 2 is 1.94 bits per heavy atom. The maximum absolute atomic E-state index is 3.73. The van der Waals surface area contributed by atoms with E-state index < -0.39 is 0 Å². The van der Waals surface area contributed by atoms with Gasteiger partial charge in [0, 0.05) is 25.2 Å². The lowest BCUT2D eigenvalue weighted by Gasteiger charge is -2.31. The fourth-order valence-corrected chi connectivity index (χ4v) is 3.67. The van der Waals surface area contributed by atoms with Gasteiger partial charge in [0.15, 0.2) is 0 Å². The van der Waals surface area contributed by atoms with Gasteiger partial charge in [-0.15, -0.1) is 0 Å². The Balaban J connectivity index is 1.43. The zero-order valence-electron chi connectivity index (χ0n) is 10.2. The van der Waals surface area contributed by atoms with Gasteiger partial charge in [0.25, 0.3) is 0 Å². The van der Waals surface area contributed by atoms with Crippen molar-refractivity contribution >= 4 is 0 Å². The van der Waals surface area contributed by atoms with Gasteiger partial charge in [-0.05, 0) is 51.0 Å². The number of rotatable bonds is 3. The minimum atomic E-state index is 0.866. The second-order valence-electron chi connectivity index (χ2n) is 5.82. The van der Waals surface area contributed by atoms with Crippen LogP contribution in [0.4, 0.5) is 0 Å². The number of nitrogens with one attached hydrogen (secondary N) is 1. The Hall–Kier alpha value is -0.340. The zero-order chi connectivity index (χ0) is 10.8. The predicted molar refractivity (Wildman–Crippen MR) is 67.5 cm³/mol. The van der Waals surface area contributed by atoms with Gasteiger partial charge in [-0.2, -0.15) is 0 Å². The van der Waals surface area contributed by atoms with Gasteiger partial charge in [-0.1, -0.05) is 12.2 Å². The van der Waals surface area contributed by atoms with Crippen molar-refractivity contribution < 1.29 is 0 Å². The number of fused-ring (bicyclic) bond motifs is 2. The standard InChI is InChI=1S/C14H24N2/c1-2-7-16(8-3-1)9-6-12-10-13-4-5-14(11-12)15-13/h1-2,12-15H,3-11H2. The SMILES string of the molecule is C1=CCN(CCC2CC3CCC(C2)N3)CC1. The average molecular weight is 220 g/mol. The third-order valence-corrected chi connectivity index (χ3v) is 4.57. The lowest BCUT2D eigenvalue weighted by molar-refractivity contribution is 0.229. The minimum Gasteiger partial charge on any atom is -0.311 e. The topological polar surface area (TPSA) is 15.3 Å². The monoisotopic (exact) mass is 220 g/mol. The number of hydrogen-bond donors (Lipinski definition) is 1. The summed E-state index contributed by atoms with van der Waals surface area (Å²) in [4.78, 5) is 2.62. The van der Waals surface area contributed by atoms with Gasteiger partial charge in [-0.25, -0.2) is 0 Å². The lowest BCUT2D eigenvalue weighted by atomic mass is 9.89. The molecule has 0 radical (unpaired) electrons. The summed E-state index contributed by atoms with van der Waals surface area (Å²) >= 11 is 0. The first-order valence-corrected chi connectivity index (χ1v) is 7.03. The summed E-state index contributed by atoms with van der Waals surface area (Å²) in [6.07, 6.45) is 13.1. The van der Waals surface area contributed by atoms with E-state index in [1.807, 2.05) is 0 Å². The highest BCUT2D eigenvalue weighted by Crippen LogP contribution is 2.32. The summed E-state index contributed by atoms with van der Waals surface area (Å²) in [5.74, 6) is 1.00. The summed E-state index contributed by atoms with van der Waals surface area (Å²) in [5, 5.41) is 3.73. The molecule has 0 aromatic carbocycles. The van der Waals surface area contributed by atoms with Gasteiger partial charge in [-0.3, -0.25) is 4.90 Å². The van der Waals surface area contributed by atoms with E-state index in [1.165, 1.54) is 58.2 Å². The molecule has 90 valence electrons. The lowest BCUT2D eigenvalue weighted by Crippen LogP contribution is -2.39. The van der Waals surface area contributed by atoms with Crippen LogP contribution in [-0.4, -0.2) is 36.6 Å². The van der Waals surface area contributed by atoms with Gasteiger partial charge < -0.3 is 5.32 Å². The summed E-state index contributed by atoms with van der Waals surface area (Å²) in [5.41, 5.74) is 0. The molecule has 0 aliphatic carbocycles. The minimum absolute atomic E-state index is 0.866. The van der Waals surface area contributed by atoms with Gasteiger partial charge in [0.05, 0.1) is 0 Å². The molecule has 2 nitrogen and oxygen atoms in total. The second-order valence-corrected chi connectivity index (χ2v) is 5.82. The van der Waals surface area contributed by atoms with E-state index in [9.17, 15) is 0 Å². The molecule has 0 aromatic rings. The van der Waals surface area contributed by atoms with E-state index in [4.69, 9.17) is 0 Å². The molecule has 1 N–H and O–H groups in total. The molecule has 0 spiro atoms. The van der Waals surface area contributed by atoms with Crippen LogP contribution in [0.5, 0.6) is 0 Å². The van der Waals surface area contributed by atoms with Gasteiger partial charge >= 0.3 is 0 Å². The maximum atomic E-state index is 3.73. The van der Waals surface area contributed by atoms with Crippen molar-refractivity contribution in [1.82, 2.24) is 10.2 Å². The van der Waals surface area contributed by atoms with E-state index in [0.717, 1.165) is 18.0 Å². The molecule has 2 atom stereocenters. The number of piperidine rings is 1. The van der Waals surface area contributed by atoms with Crippen molar-refractivity contribution in [3.63, 3.8) is 0 Å². The molecule has 3 aliphatic rings. The highest BCUT2D eigenvalue weighted by molar-refractivity contribution is 4.93. The number of nitrogens with zero attached hydrogens (tertiary/aromatic N) is 1. The van der Waals surface area contributed by atoms with Crippen molar-refractivity contribution in [3.05, 3.63) is 12.2 Å². The van der Waals surface area contributed by atoms with Crippen LogP contribution in [-0.2, 0) is 0 Å². The molecule has 0 aromatic heterocycles. The largest absolute Gasteiger partial charge is 0.311 e. The van der Waals surface area contributed by atoms with Crippen molar-refractivity contribution in [3.8, 4) is 0 Å². The van der Waals surface area contributed by atoms with E-state index >= 15 is 0 Å². The third kappa shape index (κ3) is 2.49. The van der Waals surface area contributed by atoms with Crippen molar-refractivity contribution in [2.24, 2.45) is 5.92 Å². The van der Waals surface area contributed by atoms with Crippen LogP contribution in [0.15, 0.2) is 12.2 Å². The molecule has 2 unspecified atom stereocenters. The van der Waals surface area contributed by atoms with Crippen molar-refractivity contribution in [2.75, 3.05) is 19.6 Å². The fourth-order valence-electron chi connectivity index (χ4n) is 3.67. The quantitative estimate of drug-likeness (QED) is 0.733. The molecule has 3 rings (SSSR count). The molecule has 0 amide bonds. The van der Waals surface area contributed by atoms with Gasteiger partial charge in [0.1, 0.15) is 0 Å². The first kappa shape index (κ1) is 10.8. The second kappa shape index (κ2) is 4.89. The van der Waals surface area contributed by atoms with Crippen molar-refractivity contribution in [2.45, 2.75) is 50.6 Å². The molecule has 2 fully saturated rings. The highest BCUT2D eigenvalue weighted by atomic mass is 15.1. The van der Waals surface area contributed by atoms with Crippen LogP contribution < -0.4 is 5.32 Å². The maximum Gasteiger partial charge on any atom is 0.0163 e. The molecule has 2 heteroatoms. The Morgan fingerprint density at radius 3 is 2.62 bits per heavy atom. The molecular weight excluding hydrogens is 196 g/mol. The van der Waals surface area contributed by atoms with E-state index in [-0.39, 0.29) is 0 Å². The molecule has 2 saturated heterocycles.